The van der Waals surface area contributed by atoms with E-state index in [0.29, 0.717) is 5.78 Å². The van der Waals surface area contributed by atoms with Gasteiger partial charge in [-0.2, -0.15) is 0 Å². The summed E-state index contributed by atoms with van der Waals surface area (Å²) in [5.74, 6) is 0.493. The van der Waals surface area contributed by atoms with Gasteiger partial charge in [0, 0.05) is 5.92 Å². The number of ketones is 1. The number of rotatable bonds is 4. The van der Waals surface area contributed by atoms with Gasteiger partial charge in [-0.15, -0.1) is 6.58 Å². The number of Topliss-reactive ketones (excluding diaryl/α,β-unsaturated/α-hetero) is 1. The summed E-state index contributed by atoms with van der Waals surface area (Å²) >= 11 is 0. The van der Waals surface area contributed by atoms with Gasteiger partial charge in [-0.25, -0.2) is 0 Å². The number of nitrogens with zero attached hydrogens (tertiary/aromatic N) is 1. The largest absolute Gasteiger partial charge is 0.297 e. The van der Waals surface area contributed by atoms with E-state index in [0.717, 1.165) is 25.8 Å². The Hall–Kier alpha value is -0.630. The van der Waals surface area contributed by atoms with Crippen molar-refractivity contribution in [1.29, 1.82) is 0 Å². The zero-order chi connectivity index (χ0) is 10.8. The predicted molar refractivity (Wildman–Crippen MR) is 59.3 cm³/mol. The molecule has 0 radical (unpaired) electrons. The Kier molecular flexibility index (Phi) is 3.48. The van der Waals surface area contributed by atoms with Crippen LogP contribution in [0.2, 0.25) is 0 Å². The van der Waals surface area contributed by atoms with Crippen molar-refractivity contribution in [2.24, 2.45) is 5.92 Å². The standard InChI is InChI=1S/C12H21NO/c1-5-7-12(11(14)10(2)3)8-6-9-13(12)4/h5,10H,1,6-9H2,2-4H3/t12-/m1/s1. The van der Waals surface area contributed by atoms with Gasteiger partial charge in [0.2, 0.25) is 0 Å². The van der Waals surface area contributed by atoms with Gasteiger partial charge in [0.25, 0.3) is 0 Å². The third-order valence-electron chi connectivity index (χ3n) is 3.28. The van der Waals surface area contributed by atoms with E-state index in [1.807, 2.05) is 19.9 Å². The molecular weight excluding hydrogens is 174 g/mol. The molecule has 1 heterocycles. The third kappa shape index (κ3) is 1.76. The minimum atomic E-state index is -0.240. The van der Waals surface area contributed by atoms with Gasteiger partial charge in [0.05, 0.1) is 5.54 Å². The van der Waals surface area contributed by atoms with E-state index in [2.05, 4.69) is 18.5 Å². The first-order valence-corrected chi connectivity index (χ1v) is 5.41. The van der Waals surface area contributed by atoms with Gasteiger partial charge in [0.1, 0.15) is 0 Å². The van der Waals surface area contributed by atoms with Crippen LogP contribution in [-0.4, -0.2) is 29.8 Å². The summed E-state index contributed by atoms with van der Waals surface area (Å²) in [4.78, 5) is 14.4. The van der Waals surface area contributed by atoms with E-state index in [4.69, 9.17) is 0 Å². The molecule has 1 aliphatic heterocycles. The zero-order valence-corrected chi connectivity index (χ0v) is 9.55. The summed E-state index contributed by atoms with van der Waals surface area (Å²) in [5.41, 5.74) is -0.240. The van der Waals surface area contributed by atoms with Crippen molar-refractivity contribution in [2.75, 3.05) is 13.6 Å². The number of carbonyl (C=O) groups is 1. The van der Waals surface area contributed by atoms with Crippen LogP contribution in [0.3, 0.4) is 0 Å². The second-order valence-electron chi connectivity index (χ2n) is 4.57. The molecule has 1 fully saturated rings. The van der Waals surface area contributed by atoms with Crippen molar-refractivity contribution in [1.82, 2.24) is 4.90 Å². The average molecular weight is 195 g/mol. The summed E-state index contributed by atoms with van der Waals surface area (Å²) in [6.07, 6.45) is 4.79. The molecule has 1 rings (SSSR count). The number of hydrogen-bond acceptors (Lipinski definition) is 2. The minimum absolute atomic E-state index is 0.121. The molecule has 14 heavy (non-hydrogen) atoms. The first kappa shape index (κ1) is 11.4. The highest BCUT2D eigenvalue weighted by molar-refractivity contribution is 5.90. The minimum Gasteiger partial charge on any atom is -0.297 e. The van der Waals surface area contributed by atoms with Gasteiger partial charge < -0.3 is 0 Å². The molecular formula is C12H21NO. The van der Waals surface area contributed by atoms with Crippen molar-refractivity contribution < 1.29 is 4.79 Å². The van der Waals surface area contributed by atoms with E-state index in [1.54, 1.807) is 0 Å². The summed E-state index contributed by atoms with van der Waals surface area (Å²) in [6.45, 7) is 8.77. The topological polar surface area (TPSA) is 20.3 Å². The second-order valence-corrected chi connectivity index (χ2v) is 4.57. The van der Waals surface area contributed by atoms with Crippen LogP contribution in [0.4, 0.5) is 0 Å². The maximum absolute atomic E-state index is 12.2. The van der Waals surface area contributed by atoms with Gasteiger partial charge in [0.15, 0.2) is 5.78 Å². The first-order chi connectivity index (χ1) is 6.54. The lowest BCUT2D eigenvalue weighted by atomic mass is 9.82. The van der Waals surface area contributed by atoms with Crippen LogP contribution >= 0.6 is 0 Å². The average Bonchev–Trinajstić information content (AvgIpc) is 2.48. The number of likely N-dealkylation sites (tertiary alicyclic amines) is 1. The van der Waals surface area contributed by atoms with Crippen molar-refractivity contribution in [2.45, 2.75) is 38.6 Å². The van der Waals surface area contributed by atoms with Crippen LogP contribution in [0.5, 0.6) is 0 Å². The van der Waals surface area contributed by atoms with Crippen molar-refractivity contribution >= 4 is 5.78 Å². The Morgan fingerprint density at radius 1 is 1.64 bits per heavy atom. The summed E-state index contributed by atoms with van der Waals surface area (Å²) in [7, 11) is 2.05. The first-order valence-electron chi connectivity index (χ1n) is 5.41. The van der Waals surface area contributed by atoms with Gasteiger partial charge in [-0.05, 0) is 32.9 Å². The van der Waals surface area contributed by atoms with Crippen LogP contribution in [0.15, 0.2) is 12.7 Å². The molecule has 0 aromatic carbocycles. The van der Waals surface area contributed by atoms with Gasteiger partial charge in [-0.3, -0.25) is 9.69 Å². The monoisotopic (exact) mass is 195 g/mol. The maximum atomic E-state index is 12.2. The Morgan fingerprint density at radius 3 is 2.64 bits per heavy atom. The molecule has 1 atom stereocenters. The van der Waals surface area contributed by atoms with Crippen molar-refractivity contribution in [3.8, 4) is 0 Å². The van der Waals surface area contributed by atoms with Crippen LogP contribution in [0.1, 0.15) is 33.1 Å². The third-order valence-corrected chi connectivity index (χ3v) is 3.28. The highest BCUT2D eigenvalue weighted by atomic mass is 16.1. The molecule has 0 aliphatic carbocycles. The SMILES string of the molecule is C=CC[C@]1(C(=O)C(C)C)CCCN1C. The molecule has 1 saturated heterocycles. The second kappa shape index (κ2) is 4.26. The van der Waals surface area contributed by atoms with Crippen molar-refractivity contribution in [3.63, 3.8) is 0 Å². The van der Waals surface area contributed by atoms with E-state index in [1.165, 1.54) is 0 Å². The highest BCUT2D eigenvalue weighted by Gasteiger charge is 2.44. The van der Waals surface area contributed by atoms with Crippen LogP contribution in [0.25, 0.3) is 0 Å². The Labute approximate surface area is 87.0 Å². The quantitative estimate of drug-likeness (QED) is 0.641. The fourth-order valence-corrected chi connectivity index (χ4v) is 2.46. The van der Waals surface area contributed by atoms with E-state index in [-0.39, 0.29) is 11.5 Å². The normalized spacial score (nSPS) is 28.3. The van der Waals surface area contributed by atoms with Crippen LogP contribution < -0.4 is 0 Å². The maximum Gasteiger partial charge on any atom is 0.155 e. The smallest absolute Gasteiger partial charge is 0.155 e. The number of likely N-dealkylation sites (N-methyl/N-ethyl adjacent to an activating group) is 1. The van der Waals surface area contributed by atoms with Crippen LogP contribution in [0, 0.1) is 5.92 Å². The Balaban J connectivity index is 2.91. The lowest BCUT2D eigenvalue weighted by Gasteiger charge is -2.35. The summed E-state index contributed by atoms with van der Waals surface area (Å²) < 4.78 is 0. The summed E-state index contributed by atoms with van der Waals surface area (Å²) in [5, 5.41) is 0. The van der Waals surface area contributed by atoms with E-state index < -0.39 is 0 Å². The fraction of sp³-hybridized carbons (Fsp3) is 0.750. The molecule has 0 unspecified atom stereocenters. The molecule has 0 saturated carbocycles. The molecule has 0 aromatic heterocycles. The molecule has 2 heteroatoms. The fourth-order valence-electron chi connectivity index (χ4n) is 2.46. The highest BCUT2D eigenvalue weighted by Crippen LogP contribution is 2.34. The molecule has 0 amide bonds. The number of hydrogen-bond donors (Lipinski definition) is 0. The molecule has 80 valence electrons. The number of carbonyl (C=O) groups excluding carboxylic acids is 1. The molecule has 0 N–H and O–H groups in total. The predicted octanol–water partition coefficient (Wildman–Crippen LogP) is 2.25. The molecule has 2 nitrogen and oxygen atoms in total. The van der Waals surface area contributed by atoms with E-state index in [9.17, 15) is 4.79 Å². The van der Waals surface area contributed by atoms with Gasteiger partial charge >= 0.3 is 0 Å². The van der Waals surface area contributed by atoms with Crippen molar-refractivity contribution in [3.05, 3.63) is 12.7 Å². The Bertz CT molecular complexity index is 234. The Morgan fingerprint density at radius 2 is 2.29 bits per heavy atom. The zero-order valence-electron chi connectivity index (χ0n) is 9.55. The molecule has 0 spiro atoms. The molecule has 0 aromatic rings. The molecule has 1 aliphatic rings. The lowest BCUT2D eigenvalue weighted by molar-refractivity contribution is -0.132. The van der Waals surface area contributed by atoms with Gasteiger partial charge in [-0.1, -0.05) is 19.9 Å². The summed E-state index contributed by atoms with van der Waals surface area (Å²) in [6, 6.07) is 0. The van der Waals surface area contributed by atoms with Crippen LogP contribution in [-0.2, 0) is 4.79 Å². The molecule has 0 bridgehead atoms. The van der Waals surface area contributed by atoms with E-state index >= 15 is 0 Å². The lowest BCUT2D eigenvalue weighted by Crippen LogP contribution is -2.50.